The van der Waals surface area contributed by atoms with Crippen LogP contribution < -0.4 is 0 Å². The fraction of sp³-hybridized carbons (Fsp3) is 0.875. The summed E-state index contributed by atoms with van der Waals surface area (Å²) < 4.78 is 5.52. The zero-order valence-electron chi connectivity index (χ0n) is 14.5. The number of aliphatic hydroxyl groups is 1. The van der Waals surface area contributed by atoms with Crippen LogP contribution in [0.5, 0.6) is 0 Å². The Kier molecular flexibility index (Phi) is 4.48. The fourth-order valence-electron chi connectivity index (χ4n) is 3.66. The summed E-state index contributed by atoms with van der Waals surface area (Å²) in [6.45, 7) is 11.8. The van der Waals surface area contributed by atoms with E-state index >= 15 is 0 Å². The van der Waals surface area contributed by atoms with E-state index in [0.717, 1.165) is 12.1 Å². The maximum atomic E-state index is 12.5. The molecule has 6 heteroatoms. The summed E-state index contributed by atoms with van der Waals surface area (Å²) in [7, 11) is -1.47. The maximum Gasteiger partial charge on any atom is 0.329 e. The minimum absolute atomic E-state index is 0.00538. The van der Waals surface area contributed by atoms with E-state index < -0.39 is 25.8 Å². The Hall–Kier alpha value is -0.883. The number of carbonyl (C=O) groups is 2. The van der Waals surface area contributed by atoms with Gasteiger partial charge in [-0.05, 0) is 40.2 Å². The average Bonchev–Trinajstić information content (AvgIpc) is 2.41. The van der Waals surface area contributed by atoms with Crippen molar-refractivity contribution in [1.29, 1.82) is 0 Å². The molecule has 2 aliphatic rings. The molecule has 22 heavy (non-hydrogen) atoms. The van der Waals surface area contributed by atoms with E-state index in [1.54, 1.807) is 11.8 Å². The van der Waals surface area contributed by atoms with Crippen LogP contribution in [0.25, 0.3) is 0 Å². The summed E-state index contributed by atoms with van der Waals surface area (Å²) >= 11 is 0. The molecule has 5 nitrogen and oxygen atoms in total. The van der Waals surface area contributed by atoms with Crippen LogP contribution in [0.2, 0.25) is 25.2 Å². The highest BCUT2D eigenvalue weighted by molar-refractivity contribution is 6.77. The lowest BCUT2D eigenvalue weighted by Crippen LogP contribution is -2.68. The van der Waals surface area contributed by atoms with Crippen molar-refractivity contribution in [3.05, 3.63) is 0 Å². The Labute approximate surface area is 134 Å². The van der Waals surface area contributed by atoms with Gasteiger partial charge in [0.1, 0.15) is 11.6 Å². The number of carbonyl (C=O) groups excluding carboxylic acids is 2. The number of esters is 1. The zero-order valence-corrected chi connectivity index (χ0v) is 15.5. The second-order valence-corrected chi connectivity index (χ2v) is 13.8. The standard InChI is InChI=1S/C16H29NO4Si/c1-10(18)13-12-9-22(5,6)8-7-11(17(12)14(13)19)15(20)21-16(2,3)4/h10-13,18H,7-9H2,1-6H3/t10-,11+,12-,13-/m1/s1. The van der Waals surface area contributed by atoms with E-state index in [0.29, 0.717) is 6.42 Å². The molecule has 0 bridgehead atoms. The topological polar surface area (TPSA) is 66.8 Å². The summed E-state index contributed by atoms with van der Waals surface area (Å²) in [6.07, 6.45) is 0.0269. The largest absolute Gasteiger partial charge is 0.458 e. The van der Waals surface area contributed by atoms with Gasteiger partial charge in [-0.15, -0.1) is 0 Å². The molecule has 0 aromatic carbocycles. The lowest BCUT2D eigenvalue weighted by Gasteiger charge is -2.51. The zero-order chi connectivity index (χ0) is 16.9. The first-order chi connectivity index (χ1) is 9.93. The second kappa shape index (κ2) is 5.64. The Morgan fingerprint density at radius 1 is 1.41 bits per heavy atom. The molecule has 0 aromatic heterocycles. The van der Waals surface area contributed by atoms with Crippen LogP contribution in [0.15, 0.2) is 0 Å². The first-order valence-corrected chi connectivity index (χ1v) is 11.6. The van der Waals surface area contributed by atoms with Gasteiger partial charge in [0, 0.05) is 14.1 Å². The molecule has 126 valence electrons. The van der Waals surface area contributed by atoms with Crippen LogP contribution in [-0.2, 0) is 14.3 Å². The predicted molar refractivity (Wildman–Crippen MR) is 87.2 cm³/mol. The van der Waals surface area contributed by atoms with Crippen molar-refractivity contribution in [2.45, 2.75) is 83.1 Å². The molecule has 0 unspecified atom stereocenters. The molecule has 2 fully saturated rings. The van der Waals surface area contributed by atoms with Gasteiger partial charge < -0.3 is 14.7 Å². The lowest BCUT2D eigenvalue weighted by molar-refractivity contribution is -0.181. The van der Waals surface area contributed by atoms with Gasteiger partial charge in [-0.3, -0.25) is 4.79 Å². The van der Waals surface area contributed by atoms with E-state index in [1.165, 1.54) is 0 Å². The third kappa shape index (κ3) is 3.38. The van der Waals surface area contributed by atoms with Crippen LogP contribution in [0.4, 0.5) is 0 Å². The molecule has 0 spiro atoms. The van der Waals surface area contributed by atoms with Gasteiger partial charge in [0.05, 0.1) is 12.0 Å². The van der Waals surface area contributed by atoms with Gasteiger partial charge in [-0.25, -0.2) is 4.79 Å². The van der Waals surface area contributed by atoms with Crippen LogP contribution >= 0.6 is 0 Å². The summed E-state index contributed by atoms with van der Waals surface area (Å²) in [5.41, 5.74) is -0.552. The highest BCUT2D eigenvalue weighted by atomic mass is 28.3. The van der Waals surface area contributed by atoms with E-state index in [-0.39, 0.29) is 23.8 Å². The van der Waals surface area contributed by atoms with Crippen molar-refractivity contribution >= 4 is 20.0 Å². The molecule has 4 atom stereocenters. The third-order valence-corrected chi connectivity index (χ3v) is 7.87. The molecule has 2 heterocycles. The van der Waals surface area contributed by atoms with Gasteiger partial charge in [0.25, 0.3) is 0 Å². The van der Waals surface area contributed by atoms with Crippen LogP contribution in [-0.4, -0.2) is 53.7 Å². The number of rotatable bonds is 2. The van der Waals surface area contributed by atoms with Gasteiger partial charge >= 0.3 is 5.97 Å². The van der Waals surface area contributed by atoms with E-state index in [9.17, 15) is 14.7 Å². The molecule has 2 saturated heterocycles. The van der Waals surface area contributed by atoms with Crippen LogP contribution in [0, 0.1) is 5.92 Å². The minimum atomic E-state index is -1.47. The number of β-lactam (4-membered cyclic amide) rings is 1. The number of fused-ring (bicyclic) bond motifs is 1. The lowest BCUT2D eigenvalue weighted by atomic mass is 9.82. The number of nitrogens with zero attached hydrogens (tertiary/aromatic N) is 1. The molecule has 0 aliphatic carbocycles. The molecule has 2 rings (SSSR count). The Morgan fingerprint density at radius 3 is 2.50 bits per heavy atom. The maximum absolute atomic E-state index is 12.5. The predicted octanol–water partition coefficient (Wildman–Crippen LogP) is 2.02. The number of amides is 1. The molecule has 1 N–H and O–H groups in total. The van der Waals surface area contributed by atoms with E-state index in [4.69, 9.17) is 4.74 Å². The van der Waals surface area contributed by atoms with Gasteiger partial charge in [-0.2, -0.15) is 0 Å². The summed E-state index contributed by atoms with van der Waals surface area (Å²) in [5, 5.41) is 9.91. The smallest absolute Gasteiger partial charge is 0.329 e. The number of hydrogen-bond acceptors (Lipinski definition) is 4. The Bertz CT molecular complexity index is 469. The second-order valence-electron chi connectivity index (χ2n) is 8.54. The van der Waals surface area contributed by atoms with Crippen molar-refractivity contribution < 1.29 is 19.4 Å². The van der Waals surface area contributed by atoms with E-state index in [2.05, 4.69) is 13.1 Å². The van der Waals surface area contributed by atoms with Crippen molar-refractivity contribution in [3.63, 3.8) is 0 Å². The third-order valence-electron chi connectivity index (χ3n) is 4.70. The summed E-state index contributed by atoms with van der Waals surface area (Å²) in [6, 6.07) is 1.47. The first-order valence-electron chi connectivity index (χ1n) is 8.16. The first kappa shape index (κ1) is 17.5. The molecule has 0 aromatic rings. The summed E-state index contributed by atoms with van der Waals surface area (Å²) in [4.78, 5) is 26.7. The highest BCUT2D eigenvalue weighted by Crippen LogP contribution is 2.42. The molecular formula is C16H29NO4Si. The quantitative estimate of drug-likeness (QED) is 0.479. The normalized spacial score (nSPS) is 32.6. The number of ether oxygens (including phenoxy) is 1. The molecule has 2 aliphatic heterocycles. The number of aliphatic hydroxyl groups excluding tert-OH is 1. The monoisotopic (exact) mass is 327 g/mol. The molecule has 0 radical (unpaired) electrons. The Balaban J connectivity index is 2.24. The molecular weight excluding hydrogens is 298 g/mol. The van der Waals surface area contributed by atoms with Gasteiger partial charge in [0.15, 0.2) is 0 Å². The van der Waals surface area contributed by atoms with Crippen LogP contribution in [0.3, 0.4) is 0 Å². The van der Waals surface area contributed by atoms with Crippen molar-refractivity contribution in [3.8, 4) is 0 Å². The molecule has 1 amide bonds. The van der Waals surface area contributed by atoms with Crippen LogP contribution in [0.1, 0.15) is 34.1 Å². The average molecular weight is 327 g/mol. The SMILES string of the molecule is C[C@@H](O)[C@H]1C(=O)N2[C@@H]1C[Si](C)(C)CC[C@H]2C(=O)OC(C)(C)C. The molecule has 0 saturated carbocycles. The fourth-order valence-corrected chi connectivity index (χ4v) is 6.51. The highest BCUT2D eigenvalue weighted by Gasteiger charge is 2.57. The minimum Gasteiger partial charge on any atom is -0.458 e. The van der Waals surface area contributed by atoms with E-state index in [1.807, 2.05) is 20.8 Å². The number of hydrogen-bond donors (Lipinski definition) is 1. The van der Waals surface area contributed by atoms with Crippen molar-refractivity contribution in [1.82, 2.24) is 4.90 Å². The summed E-state index contributed by atoms with van der Waals surface area (Å²) in [5.74, 6) is -0.751. The van der Waals surface area contributed by atoms with Gasteiger partial charge in [-0.1, -0.05) is 19.1 Å². The van der Waals surface area contributed by atoms with Crippen molar-refractivity contribution in [2.24, 2.45) is 5.92 Å². The van der Waals surface area contributed by atoms with Gasteiger partial charge in [0.2, 0.25) is 5.91 Å². The Morgan fingerprint density at radius 2 is 2.00 bits per heavy atom. The van der Waals surface area contributed by atoms with Crippen molar-refractivity contribution in [2.75, 3.05) is 0 Å².